The molecule has 44 heavy (non-hydrogen) atoms. The number of nitrogens with one attached hydrogen (secondary N) is 1. The monoisotopic (exact) mass is 648 g/mol. The summed E-state index contributed by atoms with van der Waals surface area (Å²) in [6.07, 6.45) is 0.516. The minimum atomic E-state index is -4.70. The number of sulfonamides is 1. The molecule has 0 unspecified atom stereocenters. The second kappa shape index (κ2) is 16.0. The summed E-state index contributed by atoms with van der Waals surface area (Å²) in [4.78, 5) is 21.3. The van der Waals surface area contributed by atoms with Gasteiger partial charge in [-0.15, -0.1) is 0 Å². The second-order valence-corrected chi connectivity index (χ2v) is 12.8. The molecule has 0 amide bonds. The van der Waals surface area contributed by atoms with Crippen molar-refractivity contribution in [2.24, 2.45) is 10.9 Å². The van der Waals surface area contributed by atoms with Crippen LogP contribution in [-0.4, -0.2) is 52.8 Å². The molecule has 0 radical (unpaired) electrons. The van der Waals surface area contributed by atoms with Crippen LogP contribution in [0.15, 0.2) is 87.7 Å². The minimum absolute atomic E-state index is 0.101. The Morgan fingerprint density at radius 2 is 1.59 bits per heavy atom. The van der Waals surface area contributed by atoms with Gasteiger partial charge in [-0.3, -0.25) is 9.63 Å². The highest BCUT2D eigenvalue weighted by molar-refractivity contribution is 7.91. The topological polar surface area (TPSA) is 176 Å². The number of aryl methyl sites for hydroxylation is 1. The number of esters is 1. The van der Waals surface area contributed by atoms with Crippen LogP contribution in [-0.2, 0) is 41.1 Å². The van der Waals surface area contributed by atoms with Crippen LogP contribution < -0.4 is 20.2 Å². The molecular weight excluding hydrogens is 612 g/mol. The molecule has 3 rings (SSSR count). The fourth-order valence-corrected chi connectivity index (χ4v) is 6.99. The number of ether oxygens (including phenoxy) is 1. The fraction of sp³-hybridized carbons (Fsp3) is 0.310. The summed E-state index contributed by atoms with van der Waals surface area (Å²) in [6.45, 7) is 5.40. The Labute approximate surface area is 257 Å². The Bertz CT molecular complexity index is 1650. The smallest absolute Gasteiger partial charge is 0.340 e. The van der Waals surface area contributed by atoms with Gasteiger partial charge in [0, 0.05) is 19.2 Å². The predicted molar refractivity (Wildman–Crippen MR) is 162 cm³/mol. The molecule has 0 aliphatic carbocycles. The summed E-state index contributed by atoms with van der Waals surface area (Å²) >= 11 is 0. The first-order valence-electron chi connectivity index (χ1n) is 13.7. The van der Waals surface area contributed by atoms with E-state index in [1.54, 1.807) is 50.2 Å². The van der Waals surface area contributed by atoms with Gasteiger partial charge < -0.3 is 19.5 Å². The summed E-state index contributed by atoms with van der Waals surface area (Å²) in [6, 6.07) is 18.0. The lowest BCUT2D eigenvalue weighted by atomic mass is 10.2. The highest BCUT2D eigenvalue weighted by Gasteiger charge is 2.33. The third kappa shape index (κ3) is 9.94. The molecule has 3 N–H and O–H groups in total. The van der Waals surface area contributed by atoms with Gasteiger partial charge in [-0.05, 0) is 60.8 Å². The van der Waals surface area contributed by atoms with Crippen LogP contribution in [0.3, 0.4) is 0 Å². The molecule has 13 nitrogen and oxygen atoms in total. The Balaban J connectivity index is 1.92. The quantitative estimate of drug-likeness (QED) is 0.0581. The van der Waals surface area contributed by atoms with E-state index in [2.05, 4.69) is 10.6 Å². The molecule has 0 spiro atoms. The third-order valence-corrected chi connectivity index (χ3v) is 9.11. The Morgan fingerprint density at radius 1 is 0.932 bits per heavy atom. The van der Waals surface area contributed by atoms with Gasteiger partial charge in [-0.25, -0.2) is 13.9 Å². The number of carbonyl (C=O) groups is 1. The fourth-order valence-electron chi connectivity index (χ4n) is 3.86. The van der Waals surface area contributed by atoms with Crippen molar-refractivity contribution in [3.8, 4) is 11.5 Å². The van der Waals surface area contributed by atoms with E-state index < -0.39 is 35.9 Å². The Morgan fingerprint density at radius 3 is 2.27 bits per heavy atom. The molecule has 0 heterocycles. The maximum atomic E-state index is 14.0. The van der Waals surface area contributed by atoms with Crippen LogP contribution in [0.4, 0.5) is 0 Å². The molecule has 0 aliphatic rings. The van der Waals surface area contributed by atoms with Gasteiger partial charge in [0.25, 0.3) is 5.96 Å². The van der Waals surface area contributed by atoms with Crippen molar-refractivity contribution < 1.29 is 40.2 Å². The second-order valence-electron chi connectivity index (χ2n) is 9.36. The molecule has 15 heteroatoms. The van der Waals surface area contributed by atoms with Crippen molar-refractivity contribution in [2.75, 3.05) is 19.8 Å². The molecule has 0 fully saturated rings. The zero-order chi connectivity index (χ0) is 32.2. The lowest BCUT2D eigenvalue weighted by molar-refractivity contribution is -0.143. The minimum Gasteiger partial charge on any atom is -0.466 e. The van der Waals surface area contributed by atoms with Crippen molar-refractivity contribution in [3.05, 3.63) is 83.9 Å². The van der Waals surface area contributed by atoms with E-state index in [-0.39, 0.29) is 43.6 Å². The van der Waals surface area contributed by atoms with Crippen molar-refractivity contribution in [2.45, 2.75) is 49.9 Å². The van der Waals surface area contributed by atoms with E-state index in [9.17, 15) is 21.6 Å². The molecule has 0 atom stereocenters. The highest BCUT2D eigenvalue weighted by atomic mass is 32.2. The Hall–Kier alpha value is -4.18. The molecule has 238 valence electrons. The van der Waals surface area contributed by atoms with E-state index >= 15 is 0 Å². The maximum absolute atomic E-state index is 14.0. The van der Waals surface area contributed by atoms with Crippen molar-refractivity contribution in [3.63, 3.8) is 0 Å². The summed E-state index contributed by atoms with van der Waals surface area (Å²) < 4.78 is 66.4. The summed E-state index contributed by atoms with van der Waals surface area (Å²) in [7, 11) is -9.17. The van der Waals surface area contributed by atoms with Gasteiger partial charge in [0.05, 0.1) is 19.6 Å². The lowest BCUT2D eigenvalue weighted by Crippen LogP contribution is -2.34. The van der Waals surface area contributed by atoms with E-state index in [4.69, 9.17) is 24.3 Å². The average Bonchev–Trinajstić information content (AvgIpc) is 2.98. The molecular formula is C29H36N4O9S2. The molecule has 0 aliphatic heterocycles. The number of hydrogen-bond acceptors (Lipinski definition) is 10. The molecule has 0 bridgehead atoms. The van der Waals surface area contributed by atoms with Gasteiger partial charge >= 0.3 is 16.1 Å². The summed E-state index contributed by atoms with van der Waals surface area (Å²) in [5.74, 6) is -0.806. The third-order valence-electron chi connectivity index (χ3n) is 5.77. The van der Waals surface area contributed by atoms with Crippen LogP contribution in [0.1, 0.15) is 37.8 Å². The lowest BCUT2D eigenvalue weighted by Gasteiger charge is -2.23. The van der Waals surface area contributed by atoms with Crippen LogP contribution in [0.5, 0.6) is 11.5 Å². The zero-order valence-electron chi connectivity index (χ0n) is 24.6. The van der Waals surface area contributed by atoms with Gasteiger partial charge in [-0.2, -0.15) is 12.7 Å². The Kier molecular flexibility index (Phi) is 12.5. The van der Waals surface area contributed by atoms with E-state index in [0.29, 0.717) is 17.7 Å². The number of oxime groups is 1. The van der Waals surface area contributed by atoms with Crippen LogP contribution in [0, 0.1) is 6.92 Å². The highest BCUT2D eigenvalue weighted by Crippen LogP contribution is 2.30. The molecule has 3 aromatic rings. The first-order valence-corrected chi connectivity index (χ1v) is 16.5. The number of nitrogens with zero attached hydrogens (tertiary/aromatic N) is 2. The van der Waals surface area contributed by atoms with Crippen molar-refractivity contribution in [1.29, 1.82) is 0 Å². The number of nitrogens with two attached hydrogens (primary N) is 1. The van der Waals surface area contributed by atoms with Gasteiger partial charge in [0.1, 0.15) is 15.5 Å². The molecule has 0 aromatic heterocycles. The van der Waals surface area contributed by atoms with Gasteiger partial charge in [0.15, 0.2) is 5.75 Å². The summed E-state index contributed by atoms with van der Waals surface area (Å²) in [5, 5.41) is 3.68. The number of carbonyl (C=O) groups excluding carboxylic acids is 1. The normalized spacial score (nSPS) is 12.1. The molecule has 0 saturated carbocycles. The number of rotatable bonds is 16. The number of benzene rings is 3. The maximum Gasteiger partial charge on any atom is 0.340 e. The van der Waals surface area contributed by atoms with Crippen molar-refractivity contribution in [1.82, 2.24) is 9.79 Å². The molecule has 0 saturated heterocycles. The van der Waals surface area contributed by atoms with Crippen LogP contribution in [0.25, 0.3) is 0 Å². The standard InChI is InChI=1S/C29H36N4O9S2/c1-4-17-40-31-29(30)32-41-24-18-22(3)19-25(20-24)42-44(37,38)27-14-10-9-13-26(27)43(35,36)33(16-15-28(34)39-5-2)21-23-11-7-6-8-12-23/h6-14,18-20H,4-5,15-17,21H2,1-3H3,(H3,30,31,32). The van der Waals surface area contributed by atoms with Crippen molar-refractivity contribution >= 4 is 32.1 Å². The summed E-state index contributed by atoms with van der Waals surface area (Å²) in [5.41, 5.74) is 9.27. The predicted octanol–water partition coefficient (Wildman–Crippen LogP) is 3.45. The van der Waals surface area contributed by atoms with E-state index in [0.717, 1.165) is 16.8 Å². The SMILES string of the molecule is CCCONC(N)=NOc1cc(C)cc(OS(=O)(=O)c2ccccc2S(=O)(=O)N(CCC(=O)OCC)Cc2ccccc2)c1. The largest absolute Gasteiger partial charge is 0.466 e. The van der Waals surface area contributed by atoms with Gasteiger partial charge in [-0.1, -0.05) is 49.4 Å². The van der Waals surface area contributed by atoms with Crippen LogP contribution >= 0.6 is 0 Å². The van der Waals surface area contributed by atoms with Crippen LogP contribution in [0.2, 0.25) is 0 Å². The average molecular weight is 649 g/mol. The molecule has 3 aromatic carbocycles. The van der Waals surface area contributed by atoms with E-state index in [1.807, 2.05) is 6.92 Å². The van der Waals surface area contributed by atoms with E-state index in [1.165, 1.54) is 30.3 Å². The number of hydroxylamine groups is 1. The first kappa shape index (κ1) is 34.3. The number of guanidine groups is 1. The van der Waals surface area contributed by atoms with Gasteiger partial charge in [0.2, 0.25) is 10.0 Å². The zero-order valence-corrected chi connectivity index (χ0v) is 26.3. The first-order chi connectivity index (χ1) is 21.0. The number of hydrogen-bond donors (Lipinski definition) is 2.